The number of para-hydroxylation sites is 1. The Labute approximate surface area is 183 Å². The molecule has 0 bridgehead atoms. The van der Waals surface area contributed by atoms with Gasteiger partial charge in [-0.2, -0.15) is 0 Å². The van der Waals surface area contributed by atoms with Crippen LogP contribution in [0.4, 0.5) is 5.82 Å². The molecule has 0 saturated heterocycles. The zero-order chi connectivity index (χ0) is 23.4. The topological polar surface area (TPSA) is 136 Å². The average Bonchev–Trinajstić information content (AvgIpc) is 3.16. The second-order valence-corrected chi connectivity index (χ2v) is 7.10. The summed E-state index contributed by atoms with van der Waals surface area (Å²) >= 11 is 0. The van der Waals surface area contributed by atoms with E-state index in [0.717, 1.165) is 9.13 Å². The van der Waals surface area contributed by atoms with Gasteiger partial charge in [0.1, 0.15) is 17.0 Å². The van der Waals surface area contributed by atoms with Gasteiger partial charge >= 0.3 is 11.7 Å². The number of ether oxygens (including phenoxy) is 2. The molecule has 2 aromatic heterocycles. The maximum atomic E-state index is 12.7. The smallest absolute Gasteiger partial charge is 0.375 e. The molecule has 32 heavy (non-hydrogen) atoms. The van der Waals surface area contributed by atoms with Gasteiger partial charge in [0.15, 0.2) is 6.61 Å². The van der Waals surface area contributed by atoms with Crippen LogP contribution in [0.15, 0.2) is 38.3 Å². The zero-order valence-electron chi connectivity index (χ0n) is 18.2. The Morgan fingerprint density at radius 1 is 1.16 bits per heavy atom. The van der Waals surface area contributed by atoms with Crippen LogP contribution >= 0.6 is 0 Å². The quantitative estimate of drug-likeness (QED) is 0.391. The lowest BCUT2D eigenvalue weighted by Gasteiger charge is -2.13. The molecular formula is C22H25N3O7. The summed E-state index contributed by atoms with van der Waals surface area (Å²) in [6.07, 6.45) is 0.569. The summed E-state index contributed by atoms with van der Waals surface area (Å²) in [5, 5.41) is 0.698. The molecule has 0 atom stereocenters. The number of aromatic nitrogens is 2. The molecule has 0 unspecified atom stereocenters. The van der Waals surface area contributed by atoms with Gasteiger partial charge in [-0.25, -0.2) is 9.59 Å². The minimum atomic E-state index is -0.874. The number of nitrogen functional groups attached to an aromatic ring is 1. The number of ketones is 1. The predicted octanol–water partition coefficient (Wildman–Crippen LogP) is 1.86. The summed E-state index contributed by atoms with van der Waals surface area (Å²) < 4.78 is 18.2. The summed E-state index contributed by atoms with van der Waals surface area (Å²) in [6.45, 7) is 3.70. The van der Waals surface area contributed by atoms with Crippen molar-refractivity contribution in [3.8, 4) is 0 Å². The van der Waals surface area contributed by atoms with Crippen LogP contribution in [0.25, 0.3) is 11.0 Å². The lowest BCUT2D eigenvalue weighted by Crippen LogP contribution is -2.43. The van der Waals surface area contributed by atoms with Crippen LogP contribution in [0, 0.1) is 0 Å². The van der Waals surface area contributed by atoms with Crippen molar-refractivity contribution in [1.29, 1.82) is 0 Å². The van der Waals surface area contributed by atoms with Crippen molar-refractivity contribution in [2.75, 3.05) is 18.9 Å². The predicted molar refractivity (Wildman–Crippen MR) is 117 cm³/mol. The van der Waals surface area contributed by atoms with Crippen LogP contribution in [-0.4, -0.2) is 34.1 Å². The van der Waals surface area contributed by atoms with Crippen molar-refractivity contribution in [3.05, 3.63) is 62.0 Å². The molecule has 2 heterocycles. The SMILES string of the molecule is CCCn1c(N)c(C(=O)COC(=O)c2oc3ccccc3c2COCC)c(=O)n(C)c1=O. The summed E-state index contributed by atoms with van der Waals surface area (Å²) in [4.78, 5) is 50.2. The van der Waals surface area contributed by atoms with Gasteiger partial charge in [-0.05, 0) is 19.4 Å². The maximum absolute atomic E-state index is 12.7. The number of esters is 1. The number of carbonyl (C=O) groups is 2. The minimum absolute atomic E-state index is 0.0794. The lowest BCUT2D eigenvalue weighted by atomic mass is 10.1. The molecule has 0 aliphatic rings. The fourth-order valence-electron chi connectivity index (χ4n) is 3.36. The first-order valence-corrected chi connectivity index (χ1v) is 10.2. The number of benzene rings is 1. The van der Waals surface area contributed by atoms with E-state index in [1.54, 1.807) is 24.3 Å². The van der Waals surface area contributed by atoms with E-state index in [2.05, 4.69) is 0 Å². The van der Waals surface area contributed by atoms with E-state index in [9.17, 15) is 19.2 Å². The Bertz CT molecular complexity index is 1280. The number of nitrogens with two attached hydrogens (primary N) is 1. The Morgan fingerprint density at radius 3 is 2.56 bits per heavy atom. The Balaban J connectivity index is 1.88. The van der Waals surface area contributed by atoms with E-state index >= 15 is 0 Å². The number of nitrogens with zero attached hydrogens (tertiary/aromatic N) is 2. The van der Waals surface area contributed by atoms with E-state index in [1.165, 1.54) is 7.05 Å². The van der Waals surface area contributed by atoms with Crippen LogP contribution in [-0.2, 0) is 29.7 Å². The highest BCUT2D eigenvalue weighted by molar-refractivity contribution is 6.02. The van der Waals surface area contributed by atoms with E-state index in [4.69, 9.17) is 19.6 Å². The second-order valence-electron chi connectivity index (χ2n) is 7.10. The van der Waals surface area contributed by atoms with E-state index in [1.807, 2.05) is 13.8 Å². The number of fused-ring (bicyclic) bond motifs is 1. The molecule has 10 nitrogen and oxygen atoms in total. The normalized spacial score (nSPS) is 11.1. The maximum Gasteiger partial charge on any atom is 0.375 e. The van der Waals surface area contributed by atoms with Gasteiger partial charge in [0.25, 0.3) is 5.56 Å². The Hall–Kier alpha value is -3.66. The molecule has 10 heteroatoms. The van der Waals surface area contributed by atoms with Crippen LogP contribution < -0.4 is 17.0 Å². The van der Waals surface area contributed by atoms with Gasteiger partial charge in [0.2, 0.25) is 11.5 Å². The highest BCUT2D eigenvalue weighted by Gasteiger charge is 2.25. The number of carbonyl (C=O) groups excluding carboxylic acids is 2. The molecule has 2 N–H and O–H groups in total. The van der Waals surface area contributed by atoms with Crippen molar-refractivity contribution in [2.24, 2.45) is 7.05 Å². The Kier molecular flexibility index (Phi) is 6.94. The Morgan fingerprint density at radius 2 is 1.88 bits per heavy atom. The van der Waals surface area contributed by atoms with Gasteiger partial charge in [-0.15, -0.1) is 0 Å². The summed E-state index contributed by atoms with van der Waals surface area (Å²) in [5.74, 6) is -2.02. The summed E-state index contributed by atoms with van der Waals surface area (Å²) in [7, 11) is 1.26. The molecule has 170 valence electrons. The molecule has 0 aliphatic carbocycles. The number of rotatable bonds is 9. The van der Waals surface area contributed by atoms with E-state index in [0.29, 0.717) is 29.6 Å². The zero-order valence-corrected chi connectivity index (χ0v) is 18.2. The van der Waals surface area contributed by atoms with Crippen molar-refractivity contribution in [2.45, 2.75) is 33.4 Å². The first kappa shape index (κ1) is 23.0. The van der Waals surface area contributed by atoms with Crippen LogP contribution in [0.3, 0.4) is 0 Å². The molecule has 3 rings (SSSR count). The molecule has 1 aromatic carbocycles. The molecule has 3 aromatic rings. The first-order chi connectivity index (χ1) is 15.3. The lowest BCUT2D eigenvalue weighted by molar-refractivity contribution is 0.0438. The number of anilines is 1. The van der Waals surface area contributed by atoms with Crippen LogP contribution in [0.2, 0.25) is 0 Å². The molecule has 0 fully saturated rings. The summed E-state index contributed by atoms with van der Waals surface area (Å²) in [5.41, 5.74) is 5.06. The van der Waals surface area contributed by atoms with Crippen molar-refractivity contribution in [1.82, 2.24) is 9.13 Å². The highest BCUT2D eigenvalue weighted by atomic mass is 16.5. The standard InChI is InChI=1S/C22H25N3O7/c1-4-10-25-19(23)17(20(27)24(3)22(25)29)15(26)12-31-21(28)18-14(11-30-5-2)13-8-6-7-9-16(13)32-18/h6-9H,4-5,10-12,23H2,1-3H3. The molecule has 0 amide bonds. The average molecular weight is 443 g/mol. The molecule has 0 saturated carbocycles. The highest BCUT2D eigenvalue weighted by Crippen LogP contribution is 2.27. The third-order valence-corrected chi connectivity index (χ3v) is 4.98. The van der Waals surface area contributed by atoms with Gasteiger partial charge in [-0.3, -0.25) is 18.7 Å². The van der Waals surface area contributed by atoms with E-state index in [-0.39, 0.29) is 24.7 Å². The number of hydrogen-bond acceptors (Lipinski definition) is 8. The van der Waals surface area contributed by atoms with E-state index < -0.39 is 35.2 Å². The fourth-order valence-corrected chi connectivity index (χ4v) is 3.36. The molecular weight excluding hydrogens is 418 g/mol. The van der Waals surface area contributed by atoms with Gasteiger partial charge < -0.3 is 19.6 Å². The number of furan rings is 1. The first-order valence-electron chi connectivity index (χ1n) is 10.2. The fraction of sp³-hybridized carbons (Fsp3) is 0.364. The van der Waals surface area contributed by atoms with Crippen molar-refractivity contribution >= 4 is 28.5 Å². The van der Waals surface area contributed by atoms with Gasteiger partial charge in [0, 0.05) is 31.1 Å². The number of Topliss-reactive ketones (excluding diaryl/α,β-unsaturated/α-hetero) is 1. The molecule has 0 aliphatic heterocycles. The monoisotopic (exact) mass is 443 g/mol. The van der Waals surface area contributed by atoms with Gasteiger partial charge in [0.05, 0.1) is 6.61 Å². The van der Waals surface area contributed by atoms with Crippen LogP contribution in [0.5, 0.6) is 0 Å². The van der Waals surface area contributed by atoms with Crippen molar-refractivity contribution < 1.29 is 23.5 Å². The molecule has 0 radical (unpaired) electrons. The van der Waals surface area contributed by atoms with Crippen LogP contribution in [0.1, 0.15) is 46.7 Å². The summed E-state index contributed by atoms with van der Waals surface area (Å²) in [6, 6.07) is 7.05. The number of hydrogen-bond donors (Lipinski definition) is 1. The largest absolute Gasteiger partial charge is 0.451 e. The third kappa shape index (κ3) is 4.22. The van der Waals surface area contributed by atoms with Gasteiger partial charge in [-0.1, -0.05) is 25.1 Å². The second kappa shape index (κ2) is 9.65. The minimum Gasteiger partial charge on any atom is -0.451 e. The third-order valence-electron chi connectivity index (χ3n) is 4.98. The molecule has 0 spiro atoms. The van der Waals surface area contributed by atoms with Crippen molar-refractivity contribution in [3.63, 3.8) is 0 Å².